The third-order valence-corrected chi connectivity index (χ3v) is 5.07. The largest absolute Gasteiger partial charge is 0.464 e. The molecule has 27 heavy (non-hydrogen) atoms. The first kappa shape index (κ1) is 19.6. The Morgan fingerprint density at radius 3 is 2.70 bits per heavy atom. The van der Waals surface area contributed by atoms with Gasteiger partial charge in [0.25, 0.3) is 0 Å². The first-order valence-electron chi connectivity index (χ1n) is 8.98. The van der Waals surface area contributed by atoms with Gasteiger partial charge in [0, 0.05) is 24.0 Å². The summed E-state index contributed by atoms with van der Waals surface area (Å²) in [5.74, 6) is -0.0885. The second kappa shape index (κ2) is 8.69. The summed E-state index contributed by atoms with van der Waals surface area (Å²) < 4.78 is 16.3. The smallest absolute Gasteiger partial charge is 0.341 e. The molecule has 8 heteroatoms. The van der Waals surface area contributed by atoms with Crippen molar-refractivity contribution in [2.24, 2.45) is 0 Å². The van der Waals surface area contributed by atoms with E-state index in [0.29, 0.717) is 35.0 Å². The third-order valence-electron chi connectivity index (χ3n) is 4.17. The predicted molar refractivity (Wildman–Crippen MR) is 103 cm³/mol. The highest BCUT2D eigenvalue weighted by Crippen LogP contribution is 2.36. The highest BCUT2D eigenvalue weighted by Gasteiger charge is 2.26. The van der Waals surface area contributed by atoms with Crippen LogP contribution >= 0.6 is 11.3 Å². The van der Waals surface area contributed by atoms with E-state index in [4.69, 9.17) is 13.9 Å². The predicted octanol–water partition coefficient (Wildman–Crippen LogP) is 3.23. The number of ether oxygens (including phenoxy) is 2. The lowest BCUT2D eigenvalue weighted by atomic mass is 10.1. The molecule has 0 saturated carbocycles. The van der Waals surface area contributed by atoms with Gasteiger partial charge in [0.1, 0.15) is 16.3 Å². The fourth-order valence-electron chi connectivity index (χ4n) is 3.25. The quantitative estimate of drug-likeness (QED) is 0.760. The van der Waals surface area contributed by atoms with E-state index in [2.05, 4.69) is 10.2 Å². The molecule has 1 aliphatic rings. The van der Waals surface area contributed by atoms with E-state index >= 15 is 0 Å². The zero-order valence-corrected chi connectivity index (χ0v) is 16.5. The molecule has 2 atom stereocenters. The molecule has 3 heterocycles. The number of hydrogen-bond acceptors (Lipinski definition) is 7. The molecule has 1 saturated heterocycles. The molecule has 7 nitrogen and oxygen atoms in total. The van der Waals surface area contributed by atoms with Gasteiger partial charge >= 0.3 is 5.97 Å². The van der Waals surface area contributed by atoms with Gasteiger partial charge in [0.05, 0.1) is 31.6 Å². The van der Waals surface area contributed by atoms with Crippen LogP contribution < -0.4 is 5.32 Å². The van der Waals surface area contributed by atoms with Gasteiger partial charge in [-0.15, -0.1) is 11.3 Å². The van der Waals surface area contributed by atoms with Crippen molar-refractivity contribution in [1.29, 1.82) is 0 Å². The van der Waals surface area contributed by atoms with E-state index in [-0.39, 0.29) is 31.3 Å². The van der Waals surface area contributed by atoms with Crippen molar-refractivity contribution in [1.82, 2.24) is 4.90 Å². The Balaban J connectivity index is 1.76. The van der Waals surface area contributed by atoms with Crippen LogP contribution in [0.2, 0.25) is 0 Å². The highest BCUT2D eigenvalue weighted by atomic mass is 32.1. The first-order valence-corrected chi connectivity index (χ1v) is 9.86. The number of esters is 1. The molecule has 0 aliphatic carbocycles. The van der Waals surface area contributed by atoms with E-state index in [1.54, 1.807) is 30.7 Å². The lowest BCUT2D eigenvalue weighted by Gasteiger charge is -2.34. The van der Waals surface area contributed by atoms with Crippen molar-refractivity contribution >= 4 is 28.2 Å². The van der Waals surface area contributed by atoms with E-state index in [1.165, 1.54) is 11.3 Å². The Kier molecular flexibility index (Phi) is 6.30. The van der Waals surface area contributed by atoms with Crippen LogP contribution in [0.4, 0.5) is 5.00 Å². The molecule has 1 amide bonds. The number of nitrogens with zero attached hydrogens (tertiary/aromatic N) is 1. The minimum Gasteiger partial charge on any atom is -0.464 e. The van der Waals surface area contributed by atoms with Crippen LogP contribution in [0.25, 0.3) is 11.3 Å². The standard InChI is InChI=1S/C19H24N2O5S/c1-4-24-19(23)17-14(15-6-5-7-25-15)11-27-18(17)20-16(22)10-21-8-12(2)26-13(3)9-21/h5-7,11-13H,4,8-10H2,1-3H3,(H,20,22)/t12-,13+. The van der Waals surface area contributed by atoms with Crippen LogP contribution in [0.3, 0.4) is 0 Å². The number of carbonyl (C=O) groups is 2. The Morgan fingerprint density at radius 2 is 2.07 bits per heavy atom. The van der Waals surface area contributed by atoms with Crippen LogP contribution in [-0.2, 0) is 14.3 Å². The number of amides is 1. The fraction of sp³-hybridized carbons (Fsp3) is 0.474. The molecule has 1 fully saturated rings. The topological polar surface area (TPSA) is 81.0 Å². The lowest BCUT2D eigenvalue weighted by molar-refractivity contribution is -0.121. The van der Waals surface area contributed by atoms with Crippen LogP contribution in [0, 0.1) is 0 Å². The maximum absolute atomic E-state index is 12.6. The second-order valence-electron chi connectivity index (χ2n) is 6.55. The van der Waals surface area contributed by atoms with Crippen molar-refractivity contribution < 1.29 is 23.5 Å². The number of rotatable bonds is 6. The summed E-state index contributed by atoms with van der Waals surface area (Å²) in [7, 11) is 0. The Labute approximate surface area is 162 Å². The average Bonchev–Trinajstić information content (AvgIpc) is 3.23. The number of anilines is 1. The lowest BCUT2D eigenvalue weighted by Crippen LogP contribution is -2.48. The SMILES string of the molecule is CCOC(=O)c1c(-c2ccco2)csc1NC(=O)CN1C[C@@H](C)O[C@@H](C)C1. The number of nitrogens with one attached hydrogen (secondary N) is 1. The summed E-state index contributed by atoms with van der Waals surface area (Å²) in [6, 6.07) is 3.52. The monoisotopic (exact) mass is 392 g/mol. The summed E-state index contributed by atoms with van der Waals surface area (Å²) >= 11 is 1.28. The number of carbonyl (C=O) groups excluding carboxylic acids is 2. The molecule has 0 unspecified atom stereocenters. The van der Waals surface area contributed by atoms with Gasteiger partial charge in [0.2, 0.25) is 5.91 Å². The Bertz CT molecular complexity index is 776. The van der Waals surface area contributed by atoms with E-state index in [9.17, 15) is 9.59 Å². The van der Waals surface area contributed by atoms with Gasteiger partial charge in [-0.25, -0.2) is 4.79 Å². The summed E-state index contributed by atoms with van der Waals surface area (Å²) in [6.07, 6.45) is 1.72. The van der Waals surface area contributed by atoms with Gasteiger partial charge in [-0.05, 0) is 32.9 Å². The molecule has 2 aromatic heterocycles. The van der Waals surface area contributed by atoms with Crippen molar-refractivity contribution in [3.8, 4) is 11.3 Å². The van der Waals surface area contributed by atoms with Gasteiger partial charge < -0.3 is 19.2 Å². The highest BCUT2D eigenvalue weighted by molar-refractivity contribution is 7.15. The molecule has 1 aliphatic heterocycles. The van der Waals surface area contributed by atoms with Gasteiger partial charge in [-0.3, -0.25) is 9.69 Å². The van der Waals surface area contributed by atoms with Crippen molar-refractivity contribution in [2.75, 3.05) is 31.6 Å². The summed E-state index contributed by atoms with van der Waals surface area (Å²) in [5, 5.41) is 5.13. The maximum Gasteiger partial charge on any atom is 0.341 e. The number of furan rings is 1. The van der Waals surface area contributed by atoms with E-state index < -0.39 is 5.97 Å². The van der Waals surface area contributed by atoms with Crippen LogP contribution in [-0.4, -0.2) is 55.2 Å². The Hall–Kier alpha value is -2.16. The molecule has 146 valence electrons. The van der Waals surface area contributed by atoms with E-state index in [1.807, 2.05) is 13.8 Å². The Morgan fingerprint density at radius 1 is 1.33 bits per heavy atom. The molecule has 0 aromatic carbocycles. The average molecular weight is 392 g/mol. The van der Waals surface area contributed by atoms with Crippen molar-refractivity contribution in [3.05, 3.63) is 29.3 Å². The fourth-order valence-corrected chi connectivity index (χ4v) is 4.21. The molecular weight excluding hydrogens is 368 g/mol. The second-order valence-corrected chi connectivity index (χ2v) is 7.43. The van der Waals surface area contributed by atoms with Crippen molar-refractivity contribution in [3.63, 3.8) is 0 Å². The number of hydrogen-bond donors (Lipinski definition) is 1. The van der Waals surface area contributed by atoms with Gasteiger partial charge in [-0.1, -0.05) is 0 Å². The van der Waals surface area contributed by atoms with Gasteiger partial charge in [0.15, 0.2) is 0 Å². The molecule has 0 spiro atoms. The minimum absolute atomic E-state index is 0.0870. The minimum atomic E-state index is -0.478. The molecule has 2 aromatic rings. The molecular formula is C19H24N2O5S. The summed E-state index contributed by atoms with van der Waals surface area (Å²) in [4.78, 5) is 27.1. The maximum atomic E-state index is 12.6. The molecule has 3 rings (SSSR count). The zero-order chi connectivity index (χ0) is 19.4. The molecule has 1 N–H and O–H groups in total. The number of thiophene rings is 1. The van der Waals surface area contributed by atoms with E-state index in [0.717, 1.165) is 0 Å². The summed E-state index contributed by atoms with van der Waals surface area (Å²) in [5.41, 5.74) is 0.946. The van der Waals surface area contributed by atoms with Crippen molar-refractivity contribution in [2.45, 2.75) is 33.0 Å². The van der Waals surface area contributed by atoms with Gasteiger partial charge in [-0.2, -0.15) is 0 Å². The molecule has 0 bridgehead atoms. The number of morpholine rings is 1. The third kappa shape index (κ3) is 4.77. The van der Waals surface area contributed by atoms with Crippen LogP contribution in [0.5, 0.6) is 0 Å². The normalized spacial score (nSPS) is 20.4. The first-order chi connectivity index (χ1) is 13.0. The molecule has 0 radical (unpaired) electrons. The van der Waals surface area contributed by atoms with Crippen LogP contribution in [0.1, 0.15) is 31.1 Å². The zero-order valence-electron chi connectivity index (χ0n) is 15.7. The van der Waals surface area contributed by atoms with Crippen LogP contribution in [0.15, 0.2) is 28.2 Å². The summed E-state index contributed by atoms with van der Waals surface area (Å²) in [6.45, 7) is 7.63.